The molecule has 0 amide bonds. The average molecular weight is 360 g/mol. The summed E-state index contributed by atoms with van der Waals surface area (Å²) in [5.74, 6) is 0.966. The minimum atomic E-state index is -0.399. The zero-order chi connectivity index (χ0) is 15.7. The molecule has 0 heterocycles. The van der Waals surface area contributed by atoms with Gasteiger partial charge in [-0.2, -0.15) is 0 Å². The maximum Gasteiger partial charge on any atom is 0.277 e. The molecule has 6 heteroatoms. The number of hydrogen-bond donors (Lipinski definition) is 0. The molecule has 0 radical (unpaired) electrons. The number of ether oxygens (including phenoxy) is 2. The molecule has 0 fully saturated rings. The normalized spacial score (nSPS) is 10.4. The van der Waals surface area contributed by atoms with Crippen LogP contribution < -0.4 is 9.47 Å². The minimum Gasteiger partial charge on any atom is -0.493 e. The molecule has 21 heavy (non-hydrogen) atoms. The molecule has 1 rings (SSSR count). The third kappa shape index (κ3) is 5.53. The zero-order valence-corrected chi connectivity index (χ0v) is 14.1. The van der Waals surface area contributed by atoms with Gasteiger partial charge in [-0.05, 0) is 12.5 Å². The standard InChI is InChI=1S/C15H22BrNO4/c1-3-4-5-6-7-8-21-15-10-13(17(18)19)12(11-16)9-14(15)20-2/h9-10H,3-8,11H2,1-2H3. The molecule has 0 saturated heterocycles. The Morgan fingerprint density at radius 1 is 1.19 bits per heavy atom. The molecule has 0 aliphatic carbocycles. The van der Waals surface area contributed by atoms with Gasteiger partial charge in [-0.25, -0.2) is 0 Å². The van der Waals surface area contributed by atoms with E-state index in [-0.39, 0.29) is 5.69 Å². The molecule has 1 aromatic rings. The zero-order valence-electron chi connectivity index (χ0n) is 12.6. The summed E-state index contributed by atoms with van der Waals surface area (Å²) >= 11 is 3.25. The lowest BCUT2D eigenvalue weighted by Gasteiger charge is -2.12. The quantitative estimate of drug-likeness (QED) is 0.259. The highest BCUT2D eigenvalue weighted by Crippen LogP contribution is 2.35. The van der Waals surface area contributed by atoms with Crippen molar-refractivity contribution >= 4 is 21.6 Å². The van der Waals surface area contributed by atoms with Gasteiger partial charge in [-0.1, -0.05) is 48.5 Å². The Bertz CT molecular complexity index is 465. The van der Waals surface area contributed by atoms with E-state index in [1.54, 1.807) is 6.07 Å². The van der Waals surface area contributed by atoms with Crippen LogP contribution in [0.3, 0.4) is 0 Å². The molecule has 1 aromatic carbocycles. The summed E-state index contributed by atoms with van der Waals surface area (Å²) in [5.41, 5.74) is 0.626. The van der Waals surface area contributed by atoms with E-state index >= 15 is 0 Å². The molecule has 0 atom stereocenters. The third-order valence-corrected chi connectivity index (χ3v) is 3.82. The topological polar surface area (TPSA) is 61.6 Å². The summed E-state index contributed by atoms with van der Waals surface area (Å²) in [6.07, 6.45) is 5.68. The van der Waals surface area contributed by atoms with Crippen LogP contribution in [0.15, 0.2) is 12.1 Å². The highest BCUT2D eigenvalue weighted by molar-refractivity contribution is 9.08. The maximum atomic E-state index is 11.1. The Morgan fingerprint density at radius 3 is 2.48 bits per heavy atom. The Balaban J connectivity index is 2.71. The van der Waals surface area contributed by atoms with E-state index < -0.39 is 4.92 Å². The molecule has 0 N–H and O–H groups in total. The van der Waals surface area contributed by atoms with E-state index in [9.17, 15) is 10.1 Å². The van der Waals surface area contributed by atoms with Gasteiger partial charge in [0, 0.05) is 10.9 Å². The van der Waals surface area contributed by atoms with Crippen LogP contribution >= 0.6 is 15.9 Å². The van der Waals surface area contributed by atoms with E-state index in [4.69, 9.17) is 9.47 Å². The Morgan fingerprint density at radius 2 is 1.90 bits per heavy atom. The van der Waals surface area contributed by atoms with Crippen molar-refractivity contribution in [3.8, 4) is 11.5 Å². The van der Waals surface area contributed by atoms with E-state index in [0.717, 1.165) is 12.8 Å². The van der Waals surface area contributed by atoms with Crippen LogP contribution in [0.4, 0.5) is 5.69 Å². The fourth-order valence-electron chi connectivity index (χ4n) is 2.03. The summed E-state index contributed by atoms with van der Waals surface area (Å²) in [4.78, 5) is 10.7. The molecular formula is C15H22BrNO4. The molecule has 0 aromatic heterocycles. The second-order valence-electron chi connectivity index (χ2n) is 4.79. The second kappa shape index (κ2) is 9.60. The Labute approximate surface area is 133 Å². The molecule has 0 unspecified atom stereocenters. The van der Waals surface area contributed by atoms with Gasteiger partial charge in [-0.15, -0.1) is 0 Å². The predicted molar refractivity (Wildman–Crippen MR) is 86.5 cm³/mol. The first-order chi connectivity index (χ1) is 10.1. The number of benzene rings is 1. The van der Waals surface area contributed by atoms with Gasteiger partial charge in [0.1, 0.15) is 0 Å². The number of halogens is 1. The molecular weight excluding hydrogens is 338 g/mol. The molecule has 118 valence electrons. The number of nitro groups is 1. The molecule has 0 aliphatic heterocycles. The van der Waals surface area contributed by atoms with Gasteiger partial charge in [-0.3, -0.25) is 10.1 Å². The SMILES string of the molecule is CCCCCCCOc1cc([N+](=O)[O-])c(CBr)cc1OC. The number of methoxy groups -OCH3 is 1. The summed E-state index contributed by atoms with van der Waals surface area (Å²) in [6, 6.07) is 3.10. The number of hydrogen-bond acceptors (Lipinski definition) is 4. The Kier molecular flexibility index (Phi) is 8.12. The van der Waals surface area contributed by atoms with Gasteiger partial charge >= 0.3 is 0 Å². The molecule has 0 spiro atoms. The molecule has 5 nitrogen and oxygen atoms in total. The van der Waals surface area contributed by atoms with Gasteiger partial charge in [0.25, 0.3) is 5.69 Å². The van der Waals surface area contributed by atoms with Crippen molar-refractivity contribution in [2.24, 2.45) is 0 Å². The predicted octanol–water partition coefficient (Wildman–Crippen LogP) is 4.85. The van der Waals surface area contributed by atoms with Gasteiger partial charge < -0.3 is 9.47 Å². The summed E-state index contributed by atoms with van der Waals surface area (Å²) in [6.45, 7) is 2.72. The van der Waals surface area contributed by atoms with Crippen molar-refractivity contribution < 1.29 is 14.4 Å². The minimum absolute atomic E-state index is 0.0497. The Hall–Kier alpha value is -1.30. The monoisotopic (exact) mass is 359 g/mol. The fourth-order valence-corrected chi connectivity index (χ4v) is 2.48. The van der Waals surface area contributed by atoms with Gasteiger partial charge in [0.05, 0.1) is 24.7 Å². The first-order valence-electron chi connectivity index (χ1n) is 7.18. The number of unbranched alkanes of at least 4 members (excludes halogenated alkanes) is 4. The molecule has 0 saturated carbocycles. The van der Waals surface area contributed by atoms with Crippen molar-refractivity contribution in [2.45, 2.75) is 44.4 Å². The van der Waals surface area contributed by atoms with Crippen LogP contribution in [-0.4, -0.2) is 18.6 Å². The lowest BCUT2D eigenvalue weighted by Crippen LogP contribution is -2.02. The summed E-state index contributed by atoms with van der Waals surface area (Å²) < 4.78 is 10.9. The lowest BCUT2D eigenvalue weighted by molar-refractivity contribution is -0.385. The van der Waals surface area contributed by atoms with Crippen molar-refractivity contribution in [1.29, 1.82) is 0 Å². The number of alkyl halides is 1. The van der Waals surface area contributed by atoms with Crippen LogP contribution in [0.2, 0.25) is 0 Å². The van der Waals surface area contributed by atoms with Gasteiger partial charge in [0.15, 0.2) is 11.5 Å². The highest BCUT2D eigenvalue weighted by atomic mass is 79.9. The van der Waals surface area contributed by atoms with Gasteiger partial charge in [0.2, 0.25) is 0 Å². The van der Waals surface area contributed by atoms with E-state index in [1.807, 2.05) is 0 Å². The maximum absolute atomic E-state index is 11.1. The van der Waals surface area contributed by atoms with Crippen LogP contribution in [0.1, 0.15) is 44.6 Å². The van der Waals surface area contributed by atoms with E-state index in [2.05, 4.69) is 22.9 Å². The van der Waals surface area contributed by atoms with Crippen LogP contribution in [0.5, 0.6) is 11.5 Å². The molecule has 0 aliphatic rings. The third-order valence-electron chi connectivity index (χ3n) is 3.21. The van der Waals surface area contributed by atoms with Crippen molar-refractivity contribution in [2.75, 3.05) is 13.7 Å². The van der Waals surface area contributed by atoms with Crippen molar-refractivity contribution in [1.82, 2.24) is 0 Å². The van der Waals surface area contributed by atoms with E-state index in [1.165, 1.54) is 32.4 Å². The smallest absolute Gasteiger partial charge is 0.277 e. The summed E-state index contributed by atoms with van der Waals surface area (Å²) in [7, 11) is 1.54. The van der Waals surface area contributed by atoms with Crippen molar-refractivity contribution in [3.63, 3.8) is 0 Å². The fraction of sp³-hybridized carbons (Fsp3) is 0.600. The van der Waals surface area contributed by atoms with Crippen molar-refractivity contribution in [3.05, 3.63) is 27.8 Å². The number of nitro benzene ring substituents is 1. The molecule has 0 bridgehead atoms. The second-order valence-corrected chi connectivity index (χ2v) is 5.35. The lowest BCUT2D eigenvalue weighted by atomic mass is 10.1. The largest absolute Gasteiger partial charge is 0.493 e. The summed E-state index contributed by atoms with van der Waals surface area (Å²) in [5, 5.41) is 11.5. The number of rotatable bonds is 10. The highest BCUT2D eigenvalue weighted by Gasteiger charge is 2.18. The van der Waals surface area contributed by atoms with E-state index in [0.29, 0.717) is 29.0 Å². The van der Waals surface area contributed by atoms with Crippen LogP contribution in [0, 0.1) is 10.1 Å². The van der Waals surface area contributed by atoms with Crippen LogP contribution in [-0.2, 0) is 5.33 Å². The first-order valence-corrected chi connectivity index (χ1v) is 8.30. The number of nitrogens with zero attached hydrogens (tertiary/aromatic N) is 1. The average Bonchev–Trinajstić information content (AvgIpc) is 2.49. The van der Waals surface area contributed by atoms with Crippen LogP contribution in [0.25, 0.3) is 0 Å². The first kappa shape index (κ1) is 17.8.